The first kappa shape index (κ1) is 22.6. The van der Waals surface area contributed by atoms with E-state index in [0.29, 0.717) is 41.0 Å². The number of nitriles is 1. The summed E-state index contributed by atoms with van der Waals surface area (Å²) in [5.41, 5.74) is 2.51. The lowest BCUT2D eigenvalue weighted by Crippen LogP contribution is -2.31. The van der Waals surface area contributed by atoms with Crippen LogP contribution in [0.25, 0.3) is 11.1 Å². The molecule has 2 aromatic heterocycles. The number of amides is 2. The smallest absolute Gasteiger partial charge is 0.228 e. The van der Waals surface area contributed by atoms with Crippen LogP contribution in [0.5, 0.6) is 0 Å². The van der Waals surface area contributed by atoms with E-state index in [1.54, 1.807) is 19.1 Å². The lowest BCUT2D eigenvalue weighted by Gasteiger charge is -2.16. The number of anilines is 1. The average molecular weight is 464 g/mol. The van der Waals surface area contributed by atoms with Gasteiger partial charge in [0.25, 0.3) is 0 Å². The van der Waals surface area contributed by atoms with E-state index in [0.717, 1.165) is 44.0 Å². The molecule has 0 spiro atoms. The molecule has 7 nitrogen and oxygen atoms in total. The standard InChI is InChI=1S/C26H30FN5O2/c1-14(33)30-18-6-15-4-17(5-16(15)7-18)25(34)31-24-9-20(22(27)12-29-24)21-8-19(11-28)32-13-26(2,3)10-23(21)32/h8-9,12,15-18H,4-7,10,13H2,1-3H3,(H,30,33)(H,29,31,34)/t15-,16+,17-,18+. The maximum Gasteiger partial charge on any atom is 0.228 e. The van der Waals surface area contributed by atoms with Gasteiger partial charge < -0.3 is 15.2 Å². The quantitative estimate of drug-likeness (QED) is 0.715. The van der Waals surface area contributed by atoms with Crippen molar-refractivity contribution in [2.45, 2.75) is 65.5 Å². The minimum atomic E-state index is -0.472. The highest BCUT2D eigenvalue weighted by Gasteiger charge is 2.44. The summed E-state index contributed by atoms with van der Waals surface area (Å²) >= 11 is 0. The van der Waals surface area contributed by atoms with Crippen molar-refractivity contribution in [1.29, 1.82) is 5.26 Å². The molecule has 2 amide bonds. The summed E-state index contributed by atoms with van der Waals surface area (Å²) in [5.74, 6) is 0.550. The number of hydrogen-bond donors (Lipinski definition) is 2. The molecule has 1 aliphatic heterocycles. The SMILES string of the molecule is CC(=O)N[C@@H]1C[C@@H]2C[C@H](C(=O)Nc3cc(-c4cc(C#N)n5c4CC(C)(C)C5)c(F)cn3)C[C@@H]2C1. The van der Waals surface area contributed by atoms with Crippen LogP contribution in [0.15, 0.2) is 18.3 Å². The zero-order chi connectivity index (χ0) is 24.2. The number of fused-ring (bicyclic) bond motifs is 2. The zero-order valence-corrected chi connectivity index (χ0v) is 19.8. The molecule has 178 valence electrons. The number of halogens is 1. The first-order valence-electron chi connectivity index (χ1n) is 12.0. The van der Waals surface area contributed by atoms with E-state index in [2.05, 4.69) is 35.5 Å². The second-order valence-electron chi connectivity index (χ2n) is 11.0. The molecule has 0 saturated heterocycles. The van der Waals surface area contributed by atoms with Crippen LogP contribution in [0.1, 0.15) is 57.8 Å². The molecule has 0 unspecified atom stereocenters. The Balaban J connectivity index is 1.31. The Kier molecular flexibility index (Phi) is 5.46. The van der Waals surface area contributed by atoms with Gasteiger partial charge >= 0.3 is 0 Å². The molecule has 2 saturated carbocycles. The third-order valence-corrected chi connectivity index (χ3v) is 7.75. The molecule has 5 rings (SSSR count). The Morgan fingerprint density at radius 2 is 1.88 bits per heavy atom. The largest absolute Gasteiger partial charge is 0.354 e. The van der Waals surface area contributed by atoms with E-state index in [1.165, 1.54) is 0 Å². The van der Waals surface area contributed by atoms with Gasteiger partial charge in [-0.05, 0) is 61.5 Å². The Bertz CT molecular complexity index is 1200. The number of carbonyl (C=O) groups excluding carboxylic acids is 2. The van der Waals surface area contributed by atoms with Crippen LogP contribution in [0, 0.1) is 40.3 Å². The summed E-state index contributed by atoms with van der Waals surface area (Å²) in [6.45, 7) is 6.52. The summed E-state index contributed by atoms with van der Waals surface area (Å²) < 4.78 is 16.8. The van der Waals surface area contributed by atoms with Crippen LogP contribution in [0.2, 0.25) is 0 Å². The summed E-state index contributed by atoms with van der Waals surface area (Å²) in [5, 5.41) is 15.5. The molecule has 2 aromatic rings. The van der Waals surface area contributed by atoms with Gasteiger partial charge in [-0.15, -0.1) is 0 Å². The third-order valence-electron chi connectivity index (χ3n) is 7.75. The van der Waals surface area contributed by atoms with Gasteiger partial charge in [-0.2, -0.15) is 5.26 Å². The van der Waals surface area contributed by atoms with Gasteiger partial charge in [0, 0.05) is 42.2 Å². The Morgan fingerprint density at radius 1 is 1.18 bits per heavy atom. The maximum absolute atomic E-state index is 14.9. The van der Waals surface area contributed by atoms with Crippen molar-refractivity contribution in [3.8, 4) is 17.2 Å². The number of hydrogen-bond acceptors (Lipinski definition) is 4. The number of aromatic nitrogens is 2. The number of pyridine rings is 1. The molecule has 0 radical (unpaired) electrons. The minimum absolute atomic E-state index is 0.00299. The molecule has 2 N–H and O–H groups in total. The van der Waals surface area contributed by atoms with E-state index < -0.39 is 5.82 Å². The van der Waals surface area contributed by atoms with Gasteiger partial charge in [0.2, 0.25) is 11.8 Å². The molecule has 0 bridgehead atoms. The van der Waals surface area contributed by atoms with Crippen molar-refractivity contribution in [1.82, 2.24) is 14.9 Å². The van der Waals surface area contributed by atoms with Crippen LogP contribution >= 0.6 is 0 Å². The van der Waals surface area contributed by atoms with Crippen molar-refractivity contribution in [2.75, 3.05) is 5.32 Å². The molecule has 2 aliphatic carbocycles. The van der Waals surface area contributed by atoms with E-state index in [1.807, 2.05) is 4.57 Å². The van der Waals surface area contributed by atoms with Crippen LogP contribution in [0.4, 0.5) is 10.2 Å². The Labute approximate surface area is 198 Å². The summed E-state index contributed by atoms with van der Waals surface area (Å²) in [4.78, 5) is 28.5. The van der Waals surface area contributed by atoms with E-state index in [-0.39, 0.29) is 29.2 Å². The molecule has 34 heavy (non-hydrogen) atoms. The molecule has 4 atom stereocenters. The highest BCUT2D eigenvalue weighted by atomic mass is 19.1. The van der Waals surface area contributed by atoms with Crippen molar-refractivity contribution < 1.29 is 14.0 Å². The van der Waals surface area contributed by atoms with Gasteiger partial charge in [-0.1, -0.05) is 13.8 Å². The van der Waals surface area contributed by atoms with Gasteiger partial charge in [0.05, 0.1) is 6.20 Å². The van der Waals surface area contributed by atoms with E-state index in [4.69, 9.17) is 0 Å². The average Bonchev–Trinajstić information content (AvgIpc) is 3.47. The second kappa shape index (κ2) is 8.23. The monoisotopic (exact) mass is 463 g/mol. The van der Waals surface area contributed by atoms with Gasteiger partial charge in [-0.3, -0.25) is 9.59 Å². The highest BCUT2D eigenvalue weighted by molar-refractivity contribution is 5.92. The fraction of sp³-hybridized carbons (Fsp3) is 0.538. The predicted molar refractivity (Wildman–Crippen MR) is 125 cm³/mol. The van der Waals surface area contributed by atoms with Crippen LogP contribution in [-0.4, -0.2) is 27.4 Å². The lowest BCUT2D eigenvalue weighted by atomic mass is 9.89. The second-order valence-corrected chi connectivity index (χ2v) is 11.0. The minimum Gasteiger partial charge on any atom is -0.354 e. The number of rotatable bonds is 4. The number of nitrogens with zero attached hydrogens (tertiary/aromatic N) is 3. The number of nitrogens with one attached hydrogen (secondary N) is 2. The van der Waals surface area contributed by atoms with Crippen LogP contribution in [-0.2, 0) is 22.6 Å². The fourth-order valence-electron chi connectivity index (χ4n) is 6.40. The molecular weight excluding hydrogens is 433 g/mol. The Hall–Kier alpha value is -3.21. The van der Waals surface area contributed by atoms with E-state index >= 15 is 0 Å². The summed E-state index contributed by atoms with van der Waals surface area (Å²) in [6.07, 6.45) is 5.33. The fourth-order valence-corrected chi connectivity index (χ4v) is 6.40. The van der Waals surface area contributed by atoms with Crippen molar-refractivity contribution >= 4 is 17.6 Å². The third kappa shape index (κ3) is 4.08. The highest BCUT2D eigenvalue weighted by Crippen LogP contribution is 2.47. The van der Waals surface area contributed by atoms with E-state index in [9.17, 15) is 19.2 Å². The molecule has 0 aromatic carbocycles. The molecular formula is C26H30FN5O2. The Morgan fingerprint density at radius 3 is 2.53 bits per heavy atom. The van der Waals surface area contributed by atoms with Crippen LogP contribution in [0.3, 0.4) is 0 Å². The maximum atomic E-state index is 14.9. The number of carbonyl (C=O) groups is 2. The van der Waals surface area contributed by atoms with Crippen molar-refractivity contribution in [3.05, 3.63) is 35.5 Å². The van der Waals surface area contributed by atoms with Gasteiger partial charge in [0.1, 0.15) is 23.4 Å². The summed E-state index contributed by atoms with van der Waals surface area (Å²) in [7, 11) is 0. The first-order chi connectivity index (χ1) is 16.1. The van der Waals surface area contributed by atoms with Crippen LogP contribution < -0.4 is 10.6 Å². The lowest BCUT2D eigenvalue weighted by molar-refractivity contribution is -0.121. The molecule has 2 fully saturated rings. The molecule has 3 aliphatic rings. The van der Waals surface area contributed by atoms with Crippen molar-refractivity contribution in [3.63, 3.8) is 0 Å². The summed E-state index contributed by atoms with van der Waals surface area (Å²) in [6, 6.07) is 5.75. The normalized spacial score (nSPS) is 26.6. The molecule has 3 heterocycles. The van der Waals surface area contributed by atoms with Gasteiger partial charge in [0.15, 0.2) is 0 Å². The zero-order valence-electron chi connectivity index (χ0n) is 19.8. The topological polar surface area (TPSA) is 99.8 Å². The van der Waals surface area contributed by atoms with Gasteiger partial charge in [-0.25, -0.2) is 9.37 Å². The van der Waals surface area contributed by atoms with Crippen molar-refractivity contribution in [2.24, 2.45) is 23.2 Å². The first-order valence-corrected chi connectivity index (χ1v) is 12.0. The molecule has 8 heteroatoms. The predicted octanol–water partition coefficient (Wildman–Crippen LogP) is 4.02.